The molecule has 35 heavy (non-hydrogen) atoms. The maximum absolute atomic E-state index is 12.8. The fourth-order valence-electron chi connectivity index (χ4n) is 3.80. The van der Waals surface area contributed by atoms with E-state index in [0.717, 1.165) is 21.8 Å². The summed E-state index contributed by atoms with van der Waals surface area (Å²) in [7, 11) is 0. The third-order valence-electron chi connectivity index (χ3n) is 5.79. The zero-order chi connectivity index (χ0) is 25.8. The third kappa shape index (κ3) is 8.31. The molecule has 1 fully saturated rings. The number of hydrogen-bond acceptors (Lipinski definition) is 5. The molecule has 2 aromatic carbocycles. The van der Waals surface area contributed by atoms with Crippen molar-refractivity contribution in [3.8, 4) is 0 Å². The van der Waals surface area contributed by atoms with Gasteiger partial charge in [0, 0.05) is 38.7 Å². The van der Waals surface area contributed by atoms with Crippen LogP contribution in [0.3, 0.4) is 0 Å². The Balaban J connectivity index is 1.52. The van der Waals surface area contributed by atoms with Crippen LogP contribution in [0.5, 0.6) is 0 Å². The first kappa shape index (κ1) is 27.6. The molecular weight excluding hydrogens is 573 g/mol. The quantitative estimate of drug-likeness (QED) is 0.203. The molecule has 1 heterocycles. The first-order chi connectivity index (χ1) is 16.3. The van der Waals surface area contributed by atoms with Gasteiger partial charge in [-0.3, -0.25) is 4.79 Å². The van der Waals surface area contributed by atoms with E-state index in [-0.39, 0.29) is 21.3 Å². The monoisotopic (exact) mass is 609 g/mol. The molecule has 1 aliphatic rings. The average molecular weight is 610 g/mol. The minimum atomic E-state index is -0.515. The highest BCUT2D eigenvalue weighted by Gasteiger charge is 2.30. The van der Waals surface area contributed by atoms with Gasteiger partial charge >= 0.3 is 6.09 Å². The number of piperidine rings is 1. The van der Waals surface area contributed by atoms with Crippen molar-refractivity contribution in [1.29, 1.82) is 0 Å². The number of amides is 2. The van der Waals surface area contributed by atoms with Crippen molar-refractivity contribution < 1.29 is 14.3 Å². The molecule has 2 N–H and O–H groups in total. The second-order valence-corrected chi connectivity index (χ2v) is 14.0. The van der Waals surface area contributed by atoms with Gasteiger partial charge in [0.1, 0.15) is 5.60 Å². The van der Waals surface area contributed by atoms with Crippen molar-refractivity contribution in [3.05, 3.63) is 53.6 Å². The highest BCUT2D eigenvalue weighted by atomic mass is 127. The van der Waals surface area contributed by atoms with Gasteiger partial charge in [0.25, 0.3) is 0 Å². The molecule has 1 saturated heterocycles. The maximum atomic E-state index is 12.8. The largest absolute Gasteiger partial charge is 0.444 e. The van der Waals surface area contributed by atoms with E-state index in [0.29, 0.717) is 25.9 Å². The van der Waals surface area contributed by atoms with Crippen LogP contribution < -0.4 is 10.0 Å². The summed E-state index contributed by atoms with van der Waals surface area (Å²) in [6.45, 7) is 13.1. The fraction of sp³-hybridized carbons (Fsp3) is 0.481. The van der Waals surface area contributed by atoms with Gasteiger partial charge in [0.15, 0.2) is 0 Å². The smallest absolute Gasteiger partial charge is 0.410 e. The predicted molar refractivity (Wildman–Crippen MR) is 153 cm³/mol. The highest BCUT2D eigenvalue weighted by Crippen LogP contribution is 2.33. The van der Waals surface area contributed by atoms with E-state index in [1.165, 1.54) is 5.56 Å². The first-order valence-electron chi connectivity index (χ1n) is 11.9. The first-order valence-corrected chi connectivity index (χ1v) is 13.8. The summed E-state index contributed by atoms with van der Waals surface area (Å²) in [5, 5.41) is 3.06. The average Bonchev–Trinajstić information content (AvgIpc) is 2.77. The van der Waals surface area contributed by atoms with Crippen molar-refractivity contribution >= 4 is 57.9 Å². The number of carbonyl (C=O) groups is 2. The summed E-state index contributed by atoms with van der Waals surface area (Å²) in [6.07, 6.45) is 0.961. The van der Waals surface area contributed by atoms with Gasteiger partial charge in [-0.15, -0.1) is 0 Å². The van der Waals surface area contributed by atoms with Crippen molar-refractivity contribution in [1.82, 2.24) is 4.90 Å². The number of benzene rings is 2. The minimum Gasteiger partial charge on any atom is -0.444 e. The van der Waals surface area contributed by atoms with Crippen molar-refractivity contribution in [3.63, 3.8) is 0 Å². The summed E-state index contributed by atoms with van der Waals surface area (Å²) in [4.78, 5) is 27.9. The Morgan fingerprint density at radius 1 is 1.03 bits per heavy atom. The Morgan fingerprint density at radius 2 is 1.71 bits per heavy atom. The van der Waals surface area contributed by atoms with E-state index >= 15 is 0 Å². The van der Waals surface area contributed by atoms with Crippen LogP contribution in [0.15, 0.2) is 47.4 Å². The van der Waals surface area contributed by atoms with Crippen LogP contribution >= 0.6 is 34.5 Å². The molecule has 0 bridgehead atoms. The number of likely N-dealkylation sites (tertiary alicyclic amines) is 1. The molecule has 8 heteroatoms. The molecule has 2 aromatic rings. The molecule has 0 unspecified atom stereocenters. The second-order valence-electron chi connectivity index (χ2n) is 10.5. The molecule has 6 nitrogen and oxygen atoms in total. The van der Waals surface area contributed by atoms with Crippen LogP contribution in [-0.4, -0.2) is 35.6 Å². The topological polar surface area (TPSA) is 70.7 Å². The number of alkyl halides is 1. The minimum absolute atomic E-state index is 0.00463. The number of aryl methyl sites for hydroxylation is 1. The van der Waals surface area contributed by atoms with Crippen LogP contribution in [0.1, 0.15) is 58.6 Å². The van der Waals surface area contributed by atoms with Crippen LogP contribution in [0.25, 0.3) is 0 Å². The number of ether oxygens (including phenoxy) is 1. The molecule has 0 saturated carbocycles. The molecule has 3 rings (SSSR count). The van der Waals surface area contributed by atoms with Crippen molar-refractivity contribution in [2.24, 2.45) is 5.92 Å². The SMILES string of the molecule is Cc1cc(NC(=O)C2CCN(C(=O)OC(C)(C)C)CC2)ccc1SNc1cccc(C(C)(C)I)c1. The van der Waals surface area contributed by atoms with E-state index in [2.05, 4.69) is 70.7 Å². The van der Waals surface area contributed by atoms with E-state index in [1.54, 1.807) is 16.8 Å². The predicted octanol–water partition coefficient (Wildman–Crippen LogP) is 7.37. The zero-order valence-electron chi connectivity index (χ0n) is 21.4. The Hall–Kier alpha value is -1.94. The Labute approximate surface area is 227 Å². The van der Waals surface area contributed by atoms with Gasteiger partial charge in [-0.2, -0.15) is 0 Å². The summed E-state index contributed by atoms with van der Waals surface area (Å²) in [5.74, 6) is -0.107. The van der Waals surface area contributed by atoms with Crippen LogP contribution in [0.2, 0.25) is 0 Å². The lowest BCUT2D eigenvalue weighted by Crippen LogP contribution is -2.43. The molecule has 0 spiro atoms. The molecule has 0 atom stereocenters. The maximum Gasteiger partial charge on any atom is 0.410 e. The second kappa shape index (κ2) is 11.4. The lowest BCUT2D eigenvalue weighted by atomic mass is 9.96. The number of hydrogen-bond donors (Lipinski definition) is 2. The summed E-state index contributed by atoms with van der Waals surface area (Å²) in [6, 6.07) is 14.4. The van der Waals surface area contributed by atoms with E-state index in [1.807, 2.05) is 45.9 Å². The van der Waals surface area contributed by atoms with Gasteiger partial charge in [-0.25, -0.2) is 4.79 Å². The number of nitrogens with one attached hydrogen (secondary N) is 2. The van der Waals surface area contributed by atoms with Crippen molar-refractivity contribution in [2.75, 3.05) is 23.1 Å². The lowest BCUT2D eigenvalue weighted by molar-refractivity contribution is -0.121. The molecular formula is C27H36IN3O3S. The molecule has 0 radical (unpaired) electrons. The Bertz CT molecular complexity index is 1050. The molecule has 190 valence electrons. The van der Waals surface area contributed by atoms with Gasteiger partial charge < -0.3 is 19.7 Å². The number of anilines is 2. The standard InChI is InChI=1S/C27H36IN3O3S/c1-18-16-21(10-11-23(18)35-30-22-9-7-8-20(17-22)27(5,6)28)29-24(32)19-12-14-31(15-13-19)25(33)34-26(2,3)4/h7-11,16-17,19,30H,12-15H2,1-6H3,(H,29,32). The van der Waals surface area contributed by atoms with Crippen LogP contribution in [0, 0.1) is 12.8 Å². The zero-order valence-corrected chi connectivity index (χ0v) is 24.4. The molecule has 2 amide bonds. The lowest BCUT2D eigenvalue weighted by Gasteiger charge is -2.32. The van der Waals surface area contributed by atoms with Gasteiger partial charge in [-0.05, 0) is 108 Å². The number of halogens is 1. The molecule has 0 aromatic heterocycles. The summed E-state index contributed by atoms with van der Waals surface area (Å²) >= 11 is 4.02. The van der Waals surface area contributed by atoms with E-state index in [9.17, 15) is 9.59 Å². The normalized spacial score (nSPS) is 15.0. The number of nitrogens with zero attached hydrogens (tertiary/aromatic N) is 1. The Kier molecular flexibility index (Phi) is 9.01. The van der Waals surface area contributed by atoms with E-state index in [4.69, 9.17) is 4.74 Å². The van der Waals surface area contributed by atoms with Gasteiger partial charge in [0.2, 0.25) is 5.91 Å². The number of rotatable bonds is 6. The highest BCUT2D eigenvalue weighted by molar-refractivity contribution is 14.1. The van der Waals surface area contributed by atoms with Crippen molar-refractivity contribution in [2.45, 2.75) is 68.3 Å². The summed E-state index contributed by atoms with van der Waals surface area (Å²) < 4.78 is 8.95. The fourth-order valence-corrected chi connectivity index (χ4v) is 4.85. The van der Waals surface area contributed by atoms with Gasteiger partial charge in [-0.1, -0.05) is 34.7 Å². The van der Waals surface area contributed by atoms with Crippen LogP contribution in [-0.2, 0) is 13.0 Å². The molecule has 0 aliphatic carbocycles. The van der Waals surface area contributed by atoms with Gasteiger partial charge in [0.05, 0.1) is 0 Å². The Morgan fingerprint density at radius 3 is 2.31 bits per heavy atom. The van der Waals surface area contributed by atoms with E-state index < -0.39 is 5.60 Å². The third-order valence-corrected chi connectivity index (χ3v) is 7.43. The molecule has 1 aliphatic heterocycles. The van der Waals surface area contributed by atoms with Crippen LogP contribution in [0.4, 0.5) is 16.2 Å². The summed E-state index contributed by atoms with van der Waals surface area (Å²) in [5.41, 5.74) is 3.70. The number of carbonyl (C=O) groups excluding carboxylic acids is 2.